The van der Waals surface area contributed by atoms with Crippen molar-refractivity contribution in [1.29, 1.82) is 0 Å². The Morgan fingerprint density at radius 2 is 2.00 bits per heavy atom. The number of hydrogen-bond acceptors (Lipinski definition) is 4. The lowest BCUT2D eigenvalue weighted by Gasteiger charge is -2.07. The molecule has 0 saturated carbocycles. The van der Waals surface area contributed by atoms with Gasteiger partial charge in [-0.05, 0) is 24.3 Å². The molecule has 132 valence electrons. The fraction of sp³-hybridized carbons (Fsp3) is 0.235. The summed E-state index contributed by atoms with van der Waals surface area (Å²) in [6.45, 7) is 4.07. The molecule has 0 aliphatic heterocycles. The van der Waals surface area contributed by atoms with Gasteiger partial charge in [0.25, 0.3) is 5.91 Å². The van der Waals surface area contributed by atoms with Crippen LogP contribution in [0.25, 0.3) is 5.65 Å². The maximum Gasteiger partial charge on any atom is 0.256 e. The second-order valence-corrected chi connectivity index (χ2v) is 4.81. The summed E-state index contributed by atoms with van der Waals surface area (Å²) < 4.78 is 28.2. The molecule has 0 bridgehead atoms. The van der Waals surface area contributed by atoms with E-state index < -0.39 is 11.6 Å². The van der Waals surface area contributed by atoms with Crippen molar-refractivity contribution in [2.75, 3.05) is 12.4 Å². The van der Waals surface area contributed by atoms with Crippen LogP contribution in [0.15, 0.2) is 36.7 Å². The molecule has 1 aromatic carbocycles. The van der Waals surface area contributed by atoms with Crippen LogP contribution in [0.4, 0.5) is 14.6 Å². The summed E-state index contributed by atoms with van der Waals surface area (Å²) in [5.74, 6) is -0.896. The molecule has 2 N–H and O–H groups in total. The van der Waals surface area contributed by atoms with Gasteiger partial charge in [0.05, 0.1) is 6.20 Å². The highest BCUT2D eigenvalue weighted by Gasteiger charge is 2.13. The molecule has 6 nitrogen and oxygen atoms in total. The molecule has 0 aliphatic rings. The summed E-state index contributed by atoms with van der Waals surface area (Å²) in [7, 11) is 1.51. The van der Waals surface area contributed by atoms with E-state index in [4.69, 9.17) is 0 Å². The lowest BCUT2D eigenvalue weighted by molar-refractivity contribution is 0.0964. The van der Waals surface area contributed by atoms with E-state index in [0.29, 0.717) is 17.0 Å². The Labute approximate surface area is 143 Å². The van der Waals surface area contributed by atoms with Crippen LogP contribution in [0.3, 0.4) is 0 Å². The molecule has 0 saturated heterocycles. The van der Waals surface area contributed by atoms with E-state index in [2.05, 4.69) is 20.7 Å². The van der Waals surface area contributed by atoms with Crippen LogP contribution in [0, 0.1) is 11.6 Å². The molecular weight excluding hydrogens is 328 g/mol. The van der Waals surface area contributed by atoms with Gasteiger partial charge in [-0.2, -0.15) is 5.10 Å². The predicted molar refractivity (Wildman–Crippen MR) is 91.4 cm³/mol. The standard InChI is InChI=1S/C15H13F2N5O.C2H6/c1-18-15(23)11-8-20-22-5-4-13(21-14(11)22)19-7-9-6-10(16)2-3-12(9)17;1-2/h2-6,8H,7H2,1H3,(H,18,23)(H,19,21);1-2H3. The highest BCUT2D eigenvalue weighted by atomic mass is 19.1. The van der Waals surface area contributed by atoms with Gasteiger partial charge in [-0.3, -0.25) is 4.79 Å². The molecule has 0 unspecified atom stereocenters. The first kappa shape index (κ1) is 18.3. The number of aromatic nitrogens is 3. The fourth-order valence-corrected chi connectivity index (χ4v) is 2.13. The summed E-state index contributed by atoms with van der Waals surface area (Å²) in [6.07, 6.45) is 3.04. The van der Waals surface area contributed by atoms with Gasteiger partial charge in [0.2, 0.25) is 0 Å². The number of rotatable bonds is 4. The Morgan fingerprint density at radius 1 is 1.24 bits per heavy atom. The van der Waals surface area contributed by atoms with Crippen LogP contribution in [0.2, 0.25) is 0 Å². The third-order valence-electron chi connectivity index (χ3n) is 3.31. The van der Waals surface area contributed by atoms with Crippen molar-refractivity contribution >= 4 is 17.4 Å². The summed E-state index contributed by atoms with van der Waals surface area (Å²) >= 11 is 0. The van der Waals surface area contributed by atoms with Crippen LogP contribution in [-0.2, 0) is 6.54 Å². The number of halogens is 2. The SMILES string of the molecule is CC.CNC(=O)c1cnn2ccc(NCc3cc(F)ccc3F)nc12. The lowest BCUT2D eigenvalue weighted by atomic mass is 10.2. The van der Waals surface area contributed by atoms with Gasteiger partial charge in [-0.1, -0.05) is 13.8 Å². The van der Waals surface area contributed by atoms with Crippen LogP contribution >= 0.6 is 0 Å². The van der Waals surface area contributed by atoms with Crippen LogP contribution < -0.4 is 10.6 Å². The number of nitrogens with zero attached hydrogens (tertiary/aromatic N) is 3. The molecule has 3 rings (SSSR count). The summed E-state index contributed by atoms with van der Waals surface area (Å²) in [5.41, 5.74) is 0.883. The maximum absolute atomic E-state index is 13.6. The summed E-state index contributed by atoms with van der Waals surface area (Å²) in [5, 5.41) is 9.44. The highest BCUT2D eigenvalue weighted by molar-refractivity contribution is 5.99. The number of hydrogen-bond donors (Lipinski definition) is 2. The van der Waals surface area contributed by atoms with Crippen molar-refractivity contribution in [2.24, 2.45) is 0 Å². The molecule has 3 aromatic rings. The van der Waals surface area contributed by atoms with Gasteiger partial charge >= 0.3 is 0 Å². The topological polar surface area (TPSA) is 71.3 Å². The summed E-state index contributed by atoms with van der Waals surface area (Å²) in [4.78, 5) is 16.0. The molecule has 2 heterocycles. The normalized spacial score (nSPS) is 10.1. The fourth-order valence-electron chi connectivity index (χ4n) is 2.13. The van der Waals surface area contributed by atoms with Gasteiger partial charge in [-0.15, -0.1) is 0 Å². The van der Waals surface area contributed by atoms with E-state index in [9.17, 15) is 13.6 Å². The van der Waals surface area contributed by atoms with Crippen molar-refractivity contribution in [2.45, 2.75) is 20.4 Å². The van der Waals surface area contributed by atoms with E-state index in [0.717, 1.165) is 18.2 Å². The average molecular weight is 347 g/mol. The first-order chi connectivity index (χ1) is 12.1. The highest BCUT2D eigenvalue weighted by Crippen LogP contribution is 2.14. The number of amides is 1. The Kier molecular flexibility index (Phi) is 5.99. The minimum absolute atomic E-state index is 0.0657. The third-order valence-corrected chi connectivity index (χ3v) is 3.31. The monoisotopic (exact) mass is 347 g/mol. The quantitative estimate of drug-likeness (QED) is 0.761. The molecule has 0 spiro atoms. The third kappa shape index (κ3) is 4.09. The zero-order chi connectivity index (χ0) is 18.4. The number of carbonyl (C=O) groups is 1. The maximum atomic E-state index is 13.6. The van der Waals surface area contributed by atoms with E-state index in [1.807, 2.05) is 13.8 Å². The molecular formula is C17H19F2N5O. The van der Waals surface area contributed by atoms with E-state index >= 15 is 0 Å². The van der Waals surface area contributed by atoms with Crippen molar-refractivity contribution < 1.29 is 13.6 Å². The van der Waals surface area contributed by atoms with Crippen LogP contribution in [-0.4, -0.2) is 27.6 Å². The van der Waals surface area contributed by atoms with E-state index in [-0.39, 0.29) is 18.0 Å². The van der Waals surface area contributed by atoms with E-state index in [1.54, 1.807) is 12.3 Å². The smallest absolute Gasteiger partial charge is 0.256 e. The first-order valence-corrected chi connectivity index (χ1v) is 7.83. The van der Waals surface area contributed by atoms with Gasteiger partial charge < -0.3 is 10.6 Å². The molecule has 2 aromatic heterocycles. The Hall–Kier alpha value is -3.03. The molecule has 0 atom stereocenters. The molecule has 8 heteroatoms. The Morgan fingerprint density at radius 3 is 2.72 bits per heavy atom. The summed E-state index contributed by atoms with van der Waals surface area (Å²) in [6, 6.07) is 4.88. The first-order valence-electron chi connectivity index (χ1n) is 7.83. The molecule has 1 amide bonds. The Bertz CT molecular complexity index is 879. The number of carbonyl (C=O) groups excluding carboxylic acids is 1. The number of fused-ring (bicyclic) bond motifs is 1. The van der Waals surface area contributed by atoms with Crippen molar-refractivity contribution in [3.8, 4) is 0 Å². The zero-order valence-electron chi connectivity index (χ0n) is 14.2. The van der Waals surface area contributed by atoms with Crippen LogP contribution in [0.1, 0.15) is 29.8 Å². The molecule has 25 heavy (non-hydrogen) atoms. The second kappa shape index (κ2) is 8.18. The lowest BCUT2D eigenvalue weighted by Crippen LogP contribution is -2.17. The largest absolute Gasteiger partial charge is 0.366 e. The number of benzene rings is 1. The van der Waals surface area contributed by atoms with Gasteiger partial charge in [0.15, 0.2) is 5.65 Å². The van der Waals surface area contributed by atoms with Gasteiger partial charge in [-0.25, -0.2) is 18.3 Å². The van der Waals surface area contributed by atoms with Crippen molar-refractivity contribution in [3.05, 3.63) is 59.4 Å². The number of anilines is 1. The predicted octanol–water partition coefficient (Wildman–Crippen LogP) is 3.01. The van der Waals surface area contributed by atoms with Crippen molar-refractivity contribution in [3.63, 3.8) is 0 Å². The molecule has 0 fully saturated rings. The van der Waals surface area contributed by atoms with Gasteiger partial charge in [0, 0.05) is 25.4 Å². The zero-order valence-corrected chi connectivity index (χ0v) is 14.2. The second-order valence-electron chi connectivity index (χ2n) is 4.81. The molecule has 0 radical (unpaired) electrons. The molecule has 0 aliphatic carbocycles. The van der Waals surface area contributed by atoms with Gasteiger partial charge in [0.1, 0.15) is 23.0 Å². The average Bonchev–Trinajstić information content (AvgIpc) is 3.06. The van der Waals surface area contributed by atoms with Crippen LogP contribution in [0.5, 0.6) is 0 Å². The number of nitrogens with one attached hydrogen (secondary N) is 2. The minimum atomic E-state index is -0.510. The minimum Gasteiger partial charge on any atom is -0.366 e. The Balaban J connectivity index is 0.00000109. The van der Waals surface area contributed by atoms with E-state index in [1.165, 1.54) is 17.8 Å². The van der Waals surface area contributed by atoms with Crippen molar-refractivity contribution in [1.82, 2.24) is 19.9 Å².